The van der Waals surface area contributed by atoms with E-state index in [0.717, 1.165) is 56.0 Å². The van der Waals surface area contributed by atoms with Gasteiger partial charge in [-0.15, -0.1) is 5.10 Å². The molecule has 2 aliphatic rings. The highest BCUT2D eigenvalue weighted by atomic mass is 19.1. The maximum Gasteiger partial charge on any atom is 0.437 e. The number of nitrogens with zero attached hydrogens (tertiary/aromatic N) is 3. The largest absolute Gasteiger partial charge is 0.454 e. The lowest BCUT2D eigenvalue weighted by Crippen LogP contribution is -2.50. The molecule has 1 aromatic carbocycles. The Morgan fingerprint density at radius 1 is 1.00 bits per heavy atom. The van der Waals surface area contributed by atoms with Crippen molar-refractivity contribution in [2.45, 2.75) is 82.8 Å². The van der Waals surface area contributed by atoms with Crippen LogP contribution in [-0.2, 0) is 20.9 Å². The van der Waals surface area contributed by atoms with Crippen molar-refractivity contribution in [1.82, 2.24) is 14.7 Å². The van der Waals surface area contributed by atoms with Crippen molar-refractivity contribution in [3.63, 3.8) is 0 Å². The van der Waals surface area contributed by atoms with Gasteiger partial charge in [-0.1, -0.05) is 38.5 Å². The Kier molecular flexibility index (Phi) is 7.57. The van der Waals surface area contributed by atoms with Gasteiger partial charge in [0.05, 0.1) is 0 Å². The van der Waals surface area contributed by atoms with Crippen molar-refractivity contribution in [3.8, 4) is 11.5 Å². The van der Waals surface area contributed by atoms with Crippen LogP contribution in [0.15, 0.2) is 33.5 Å². The number of halogens is 1. The topological polar surface area (TPSA) is 94.6 Å². The van der Waals surface area contributed by atoms with Gasteiger partial charge in [0, 0.05) is 17.6 Å². The van der Waals surface area contributed by atoms with Crippen molar-refractivity contribution in [2.24, 2.45) is 0 Å². The predicted molar refractivity (Wildman–Crippen MR) is 118 cm³/mol. The molecule has 2 aliphatic carbocycles. The van der Waals surface area contributed by atoms with Gasteiger partial charge in [-0.2, -0.15) is 4.68 Å². The minimum Gasteiger partial charge on any atom is -0.454 e. The van der Waals surface area contributed by atoms with Crippen LogP contribution in [0.5, 0.6) is 0 Å². The zero-order chi connectivity index (χ0) is 23.2. The van der Waals surface area contributed by atoms with Crippen molar-refractivity contribution in [2.75, 3.05) is 6.61 Å². The summed E-state index contributed by atoms with van der Waals surface area (Å²) >= 11 is 0. The summed E-state index contributed by atoms with van der Waals surface area (Å²) in [6, 6.07) is 5.71. The standard InChI is InChI=1S/C24H30FN3O5/c25-18-13-11-17(12-14-18)23-26-27(24(31)33-23)15-22(30)32-16-21(29)28(19-7-3-1-4-8-19)20-9-5-2-6-10-20/h11-14,19-20H,1-10,15-16H2. The Hall–Kier alpha value is -2.97. The molecule has 2 saturated carbocycles. The number of hydrogen-bond acceptors (Lipinski definition) is 6. The first-order chi connectivity index (χ1) is 16.0. The lowest BCUT2D eigenvalue weighted by molar-refractivity contribution is -0.155. The molecular weight excluding hydrogens is 429 g/mol. The van der Waals surface area contributed by atoms with Gasteiger partial charge in [0.2, 0.25) is 5.89 Å². The smallest absolute Gasteiger partial charge is 0.437 e. The molecule has 0 bridgehead atoms. The van der Waals surface area contributed by atoms with Crippen molar-refractivity contribution in [3.05, 3.63) is 40.6 Å². The monoisotopic (exact) mass is 459 g/mol. The summed E-state index contributed by atoms with van der Waals surface area (Å²) in [4.78, 5) is 39.5. The Morgan fingerprint density at radius 3 is 2.15 bits per heavy atom. The first-order valence-corrected chi connectivity index (χ1v) is 11.8. The SMILES string of the molecule is O=C(Cn1nc(-c2ccc(F)cc2)oc1=O)OCC(=O)N(C1CCCCC1)C1CCCCC1. The molecule has 2 fully saturated rings. The molecule has 9 heteroatoms. The number of rotatable bonds is 7. The number of carbonyl (C=O) groups excluding carboxylic acids is 2. The lowest BCUT2D eigenvalue weighted by atomic mass is 9.88. The van der Waals surface area contributed by atoms with Crippen LogP contribution >= 0.6 is 0 Å². The summed E-state index contributed by atoms with van der Waals surface area (Å²) in [6.07, 6.45) is 10.9. The van der Waals surface area contributed by atoms with E-state index in [2.05, 4.69) is 5.10 Å². The van der Waals surface area contributed by atoms with E-state index >= 15 is 0 Å². The van der Waals surface area contributed by atoms with Crippen LogP contribution in [0.4, 0.5) is 4.39 Å². The molecule has 1 amide bonds. The summed E-state index contributed by atoms with van der Waals surface area (Å²) in [5.74, 6) is -2.18. The van der Waals surface area contributed by atoms with E-state index in [4.69, 9.17) is 9.15 Å². The number of ether oxygens (including phenoxy) is 1. The molecule has 1 aromatic heterocycles. The third kappa shape index (κ3) is 5.89. The van der Waals surface area contributed by atoms with Gasteiger partial charge in [-0.3, -0.25) is 9.59 Å². The zero-order valence-electron chi connectivity index (χ0n) is 18.7. The summed E-state index contributed by atoms with van der Waals surface area (Å²) in [6.45, 7) is -0.813. The average molecular weight is 460 g/mol. The molecule has 0 spiro atoms. The second kappa shape index (κ2) is 10.8. The Balaban J connectivity index is 1.36. The summed E-state index contributed by atoms with van der Waals surface area (Å²) in [5.41, 5.74) is 0.409. The van der Waals surface area contributed by atoms with E-state index < -0.39 is 24.1 Å². The van der Waals surface area contributed by atoms with E-state index in [-0.39, 0.29) is 30.5 Å². The highest BCUT2D eigenvalue weighted by Gasteiger charge is 2.32. The fourth-order valence-electron chi connectivity index (χ4n) is 4.92. The molecular formula is C24H30FN3O5. The minimum absolute atomic E-state index is 0.0235. The molecule has 178 valence electrons. The average Bonchev–Trinajstić information content (AvgIpc) is 3.19. The zero-order valence-corrected chi connectivity index (χ0v) is 18.7. The number of carbonyl (C=O) groups is 2. The second-order valence-electron chi connectivity index (χ2n) is 8.88. The summed E-state index contributed by atoms with van der Waals surface area (Å²) in [5, 5.41) is 3.98. The molecule has 0 radical (unpaired) electrons. The maximum absolute atomic E-state index is 13.1. The number of hydrogen-bond donors (Lipinski definition) is 0. The van der Waals surface area contributed by atoms with E-state index in [0.29, 0.717) is 5.56 Å². The minimum atomic E-state index is -0.830. The molecule has 0 saturated heterocycles. The third-order valence-corrected chi connectivity index (χ3v) is 6.56. The first kappa shape index (κ1) is 23.2. The molecule has 4 rings (SSSR count). The van der Waals surface area contributed by atoms with Crippen LogP contribution in [0, 0.1) is 5.82 Å². The Bertz CT molecular complexity index is 986. The fraction of sp³-hybridized carbons (Fsp3) is 0.583. The van der Waals surface area contributed by atoms with Crippen molar-refractivity contribution in [1.29, 1.82) is 0 Å². The number of esters is 1. The normalized spacial score (nSPS) is 17.6. The number of aromatic nitrogens is 2. The summed E-state index contributed by atoms with van der Waals surface area (Å²) < 4.78 is 24.2. The molecule has 33 heavy (non-hydrogen) atoms. The summed E-state index contributed by atoms with van der Waals surface area (Å²) in [7, 11) is 0. The molecule has 0 unspecified atom stereocenters. The van der Waals surface area contributed by atoms with Gasteiger partial charge in [-0.05, 0) is 49.9 Å². The molecule has 2 aromatic rings. The van der Waals surface area contributed by atoms with Gasteiger partial charge in [0.1, 0.15) is 12.4 Å². The molecule has 0 aliphatic heterocycles. The fourth-order valence-corrected chi connectivity index (χ4v) is 4.92. The van der Waals surface area contributed by atoms with Gasteiger partial charge in [0.25, 0.3) is 5.91 Å². The molecule has 8 nitrogen and oxygen atoms in total. The van der Waals surface area contributed by atoms with Crippen LogP contribution in [0.1, 0.15) is 64.2 Å². The Morgan fingerprint density at radius 2 is 1.58 bits per heavy atom. The van der Waals surface area contributed by atoms with Gasteiger partial charge in [-0.25, -0.2) is 9.18 Å². The van der Waals surface area contributed by atoms with Crippen LogP contribution < -0.4 is 5.76 Å². The van der Waals surface area contributed by atoms with Crippen molar-refractivity contribution < 1.29 is 23.1 Å². The second-order valence-corrected chi connectivity index (χ2v) is 8.88. The highest BCUT2D eigenvalue weighted by Crippen LogP contribution is 2.30. The van der Waals surface area contributed by atoms with Crippen molar-refractivity contribution >= 4 is 11.9 Å². The van der Waals surface area contributed by atoms with Crippen LogP contribution in [0.25, 0.3) is 11.5 Å². The lowest BCUT2D eigenvalue weighted by Gasteiger charge is -2.41. The molecule has 1 heterocycles. The van der Waals surface area contributed by atoms with E-state index in [1.54, 1.807) is 0 Å². The quantitative estimate of drug-likeness (QED) is 0.586. The number of benzene rings is 1. The predicted octanol–water partition coefficient (Wildman–Crippen LogP) is 3.68. The van der Waals surface area contributed by atoms with Crippen LogP contribution in [0.3, 0.4) is 0 Å². The molecule has 0 N–H and O–H groups in total. The highest BCUT2D eigenvalue weighted by molar-refractivity contribution is 5.81. The molecule has 0 atom stereocenters. The van der Waals surface area contributed by atoms with E-state index in [1.165, 1.54) is 37.1 Å². The maximum atomic E-state index is 13.1. The third-order valence-electron chi connectivity index (χ3n) is 6.56. The number of amides is 1. The van der Waals surface area contributed by atoms with Crippen LogP contribution in [-0.4, -0.2) is 45.2 Å². The Labute approximate surface area is 191 Å². The van der Waals surface area contributed by atoms with Gasteiger partial charge >= 0.3 is 11.7 Å². The van der Waals surface area contributed by atoms with Crippen LogP contribution in [0.2, 0.25) is 0 Å². The van der Waals surface area contributed by atoms with E-state index in [9.17, 15) is 18.8 Å². The van der Waals surface area contributed by atoms with Gasteiger partial charge < -0.3 is 14.1 Å². The first-order valence-electron chi connectivity index (χ1n) is 11.8. The van der Waals surface area contributed by atoms with Gasteiger partial charge in [0.15, 0.2) is 6.61 Å². The van der Waals surface area contributed by atoms with E-state index in [1.807, 2.05) is 4.90 Å².